The molecule has 0 bridgehead atoms. The fourth-order valence-corrected chi connectivity index (χ4v) is 0. The molecular formula is MgNiO4Si. The fraction of sp³-hybridized carbons (Fsp3) is 0. The van der Waals surface area contributed by atoms with Crippen LogP contribution in [0, 0.1) is 0 Å². The molecule has 0 aromatic rings. The van der Waals surface area contributed by atoms with E-state index in [1.807, 2.05) is 0 Å². The summed E-state index contributed by atoms with van der Waals surface area (Å²) in [6.45, 7) is 0. The van der Waals surface area contributed by atoms with E-state index in [1.165, 1.54) is 0 Å². The zero-order valence-electron chi connectivity index (χ0n) is 3.16. The van der Waals surface area contributed by atoms with Gasteiger partial charge < -0.3 is 28.2 Å². The largest absolute Gasteiger partial charge is 2.00 e. The van der Waals surface area contributed by atoms with Crippen LogP contribution >= 0.6 is 0 Å². The van der Waals surface area contributed by atoms with Gasteiger partial charge in [0.05, 0.1) is 0 Å². The SMILES string of the molecule is [Mg+2].[Ni+2].[O-][Si]([O-])([O-])[O-]. The third-order valence-electron chi connectivity index (χ3n) is 0. The first-order valence-electron chi connectivity index (χ1n) is 0.816. The molecule has 0 atom stereocenters. The van der Waals surface area contributed by atoms with Crippen molar-refractivity contribution in [3.05, 3.63) is 0 Å². The van der Waals surface area contributed by atoms with Crippen molar-refractivity contribution in [2.24, 2.45) is 0 Å². The zero-order chi connectivity index (χ0) is 4.50. The van der Waals surface area contributed by atoms with Crippen molar-refractivity contribution in [1.82, 2.24) is 0 Å². The molecule has 0 aromatic carbocycles. The molecule has 0 radical (unpaired) electrons. The maximum Gasteiger partial charge on any atom is 2.00 e. The van der Waals surface area contributed by atoms with Crippen molar-refractivity contribution < 1.29 is 35.7 Å². The van der Waals surface area contributed by atoms with E-state index in [4.69, 9.17) is 19.2 Å². The summed E-state index contributed by atoms with van der Waals surface area (Å²) in [6.07, 6.45) is 0. The van der Waals surface area contributed by atoms with Crippen LogP contribution in [-0.4, -0.2) is 32.1 Å². The summed E-state index contributed by atoms with van der Waals surface area (Å²) >= 11 is 0. The van der Waals surface area contributed by atoms with Crippen LogP contribution in [0.15, 0.2) is 0 Å². The van der Waals surface area contributed by atoms with Crippen molar-refractivity contribution in [3.8, 4) is 0 Å². The molecule has 0 spiro atoms. The van der Waals surface area contributed by atoms with Crippen molar-refractivity contribution >= 4 is 32.1 Å². The first-order chi connectivity index (χ1) is 2.00. The molecule has 0 saturated carbocycles. The predicted molar refractivity (Wildman–Crippen MR) is 11.5 cm³/mol. The van der Waals surface area contributed by atoms with E-state index in [1.54, 1.807) is 0 Å². The van der Waals surface area contributed by atoms with Gasteiger partial charge in [0.1, 0.15) is 0 Å². The quantitative estimate of drug-likeness (QED) is 0.343. The third-order valence-corrected chi connectivity index (χ3v) is 0. The average Bonchev–Trinajstić information content (AvgIpc) is 0.722. The van der Waals surface area contributed by atoms with Gasteiger partial charge in [0.2, 0.25) is 0 Å². The van der Waals surface area contributed by atoms with Crippen LogP contribution in [-0.2, 0) is 16.5 Å². The van der Waals surface area contributed by atoms with E-state index in [-0.39, 0.29) is 39.5 Å². The molecule has 0 aliphatic rings. The second-order valence-corrected chi connectivity index (χ2v) is 1.50. The molecule has 0 amide bonds. The topological polar surface area (TPSA) is 92.2 Å². The molecule has 0 fully saturated rings. The molecular weight excluding hydrogens is 175 g/mol. The molecule has 7 heteroatoms. The molecule has 0 N–H and O–H groups in total. The number of hydrogen-bond donors (Lipinski definition) is 0. The maximum absolute atomic E-state index is 8.58. The molecule has 0 aliphatic carbocycles. The third kappa shape index (κ3) is 119. The predicted octanol–water partition coefficient (Wildman–Crippen LogP) is -5.52. The second-order valence-electron chi connectivity index (χ2n) is 0.500. The smallest absolute Gasteiger partial charge is 0.894 e. The van der Waals surface area contributed by atoms with Gasteiger partial charge in [-0.25, -0.2) is 0 Å². The summed E-state index contributed by atoms with van der Waals surface area (Å²) in [4.78, 5) is 34.3. The molecule has 0 aromatic heterocycles. The first-order valence-corrected chi connectivity index (χ1v) is 2.45. The van der Waals surface area contributed by atoms with Gasteiger partial charge >= 0.3 is 39.5 Å². The van der Waals surface area contributed by atoms with Gasteiger partial charge in [0, 0.05) is 0 Å². The Bertz CT molecular complexity index is 27.2. The van der Waals surface area contributed by atoms with E-state index >= 15 is 0 Å². The fourth-order valence-electron chi connectivity index (χ4n) is 0. The second kappa shape index (κ2) is 5.45. The van der Waals surface area contributed by atoms with Crippen molar-refractivity contribution in [3.63, 3.8) is 0 Å². The van der Waals surface area contributed by atoms with Crippen LogP contribution in [0.3, 0.4) is 0 Å². The van der Waals surface area contributed by atoms with Gasteiger partial charge in [-0.15, -0.1) is 0 Å². The van der Waals surface area contributed by atoms with Gasteiger partial charge in [0.25, 0.3) is 0 Å². The Labute approximate surface area is 67.7 Å². The molecule has 0 saturated heterocycles. The molecule has 0 unspecified atom stereocenters. The van der Waals surface area contributed by atoms with E-state index in [0.717, 1.165) is 0 Å². The van der Waals surface area contributed by atoms with Gasteiger partial charge in [-0.05, 0) is 0 Å². The summed E-state index contributed by atoms with van der Waals surface area (Å²) in [5.74, 6) is 0. The van der Waals surface area contributed by atoms with Gasteiger partial charge in [-0.2, -0.15) is 0 Å². The Kier molecular flexibility index (Phi) is 12.3. The van der Waals surface area contributed by atoms with Crippen LogP contribution in [0.2, 0.25) is 0 Å². The standard InChI is InChI=1S/Mg.Ni.O4Si/c;;1-5(2,3)4/q2*+2;-4. The van der Waals surface area contributed by atoms with Gasteiger partial charge in [0.15, 0.2) is 0 Å². The number of rotatable bonds is 0. The minimum atomic E-state index is -5.61. The summed E-state index contributed by atoms with van der Waals surface area (Å²) in [5.41, 5.74) is 0. The first kappa shape index (κ1) is 15.8. The Morgan fingerprint density at radius 3 is 0.857 bits per heavy atom. The normalized spacial score (nSPS) is 8.57. The minimum absolute atomic E-state index is 0. The summed E-state index contributed by atoms with van der Waals surface area (Å²) in [5, 5.41) is 0. The molecule has 40 valence electrons. The summed E-state index contributed by atoms with van der Waals surface area (Å²) in [7, 11) is -5.61. The number of hydrogen-bond acceptors (Lipinski definition) is 4. The minimum Gasteiger partial charge on any atom is -0.894 e. The van der Waals surface area contributed by atoms with Crippen LogP contribution in [0.5, 0.6) is 0 Å². The summed E-state index contributed by atoms with van der Waals surface area (Å²) < 4.78 is 0. The zero-order valence-corrected chi connectivity index (χ0v) is 6.56. The van der Waals surface area contributed by atoms with Crippen LogP contribution in [0.4, 0.5) is 0 Å². The van der Waals surface area contributed by atoms with Crippen LogP contribution < -0.4 is 19.2 Å². The average molecular weight is 175 g/mol. The van der Waals surface area contributed by atoms with E-state index < -0.39 is 9.05 Å². The van der Waals surface area contributed by atoms with Gasteiger partial charge in [-0.1, -0.05) is 0 Å². The Morgan fingerprint density at radius 1 is 0.857 bits per heavy atom. The Balaban J connectivity index is -0.0000000800. The molecule has 0 aliphatic heterocycles. The van der Waals surface area contributed by atoms with E-state index in [0.29, 0.717) is 0 Å². The van der Waals surface area contributed by atoms with E-state index in [9.17, 15) is 0 Å². The van der Waals surface area contributed by atoms with Crippen LogP contribution in [0.25, 0.3) is 0 Å². The maximum atomic E-state index is 8.58. The van der Waals surface area contributed by atoms with E-state index in [2.05, 4.69) is 0 Å². The van der Waals surface area contributed by atoms with Crippen molar-refractivity contribution in [2.45, 2.75) is 0 Å². The Morgan fingerprint density at radius 2 is 0.857 bits per heavy atom. The Hall–Kier alpha value is 1.32. The van der Waals surface area contributed by atoms with Gasteiger partial charge in [-0.3, -0.25) is 0 Å². The monoisotopic (exact) mass is 174 g/mol. The summed E-state index contributed by atoms with van der Waals surface area (Å²) in [6, 6.07) is 0. The van der Waals surface area contributed by atoms with Crippen molar-refractivity contribution in [1.29, 1.82) is 0 Å². The van der Waals surface area contributed by atoms with Crippen LogP contribution in [0.1, 0.15) is 0 Å². The molecule has 0 heterocycles. The molecule has 7 heavy (non-hydrogen) atoms. The molecule has 4 nitrogen and oxygen atoms in total. The van der Waals surface area contributed by atoms with Crippen molar-refractivity contribution in [2.75, 3.05) is 0 Å². The molecule has 0 rings (SSSR count).